The Morgan fingerprint density at radius 3 is 2.61 bits per heavy atom. The molecule has 1 aliphatic rings. The van der Waals surface area contributed by atoms with Crippen LogP contribution in [0, 0.1) is 0 Å². The zero-order chi connectivity index (χ0) is 13.0. The largest absolute Gasteiger partial charge is 0.385 e. The number of carbonyl (C=O) groups excluding carboxylic acids is 1. The van der Waals surface area contributed by atoms with E-state index in [9.17, 15) is 4.79 Å². The van der Waals surface area contributed by atoms with Gasteiger partial charge in [0, 0.05) is 32.9 Å². The molecule has 2 rings (SSSR count). The number of methoxy groups -OCH3 is 2. The number of rotatable bonds is 6. The molecule has 4 heteroatoms. The first-order valence-corrected chi connectivity index (χ1v) is 6.17. The third-order valence-corrected chi connectivity index (χ3v) is 3.32. The van der Waals surface area contributed by atoms with Gasteiger partial charge in [-0.1, -0.05) is 18.2 Å². The van der Waals surface area contributed by atoms with Gasteiger partial charge in [0.1, 0.15) is 0 Å². The van der Waals surface area contributed by atoms with Gasteiger partial charge in [0.25, 0.3) is 5.91 Å². The summed E-state index contributed by atoms with van der Waals surface area (Å²) in [6, 6.07) is 7.92. The summed E-state index contributed by atoms with van der Waals surface area (Å²) in [4.78, 5) is 14.2. The van der Waals surface area contributed by atoms with Crippen molar-refractivity contribution in [3.05, 3.63) is 35.4 Å². The minimum Gasteiger partial charge on any atom is -0.385 e. The number of nitrogens with zero attached hydrogens (tertiary/aromatic N) is 1. The lowest BCUT2D eigenvalue weighted by atomic mass is 10.0. The summed E-state index contributed by atoms with van der Waals surface area (Å²) in [5.41, 5.74) is 1.92. The first-order chi connectivity index (χ1) is 8.79. The van der Waals surface area contributed by atoms with Crippen molar-refractivity contribution in [1.29, 1.82) is 0 Å². The lowest BCUT2D eigenvalue weighted by molar-refractivity contribution is 0.0607. The zero-order valence-corrected chi connectivity index (χ0v) is 10.9. The second-order valence-electron chi connectivity index (χ2n) is 4.38. The maximum absolute atomic E-state index is 12.3. The fourth-order valence-electron chi connectivity index (χ4n) is 2.43. The van der Waals surface area contributed by atoms with Gasteiger partial charge in [-0.05, 0) is 18.1 Å². The third kappa shape index (κ3) is 2.40. The zero-order valence-electron chi connectivity index (χ0n) is 10.9. The van der Waals surface area contributed by atoms with Crippen molar-refractivity contribution in [2.45, 2.75) is 12.5 Å². The molecule has 0 N–H and O–H groups in total. The Labute approximate surface area is 107 Å². The van der Waals surface area contributed by atoms with Gasteiger partial charge in [-0.2, -0.15) is 0 Å². The van der Waals surface area contributed by atoms with Gasteiger partial charge < -0.3 is 14.4 Å². The van der Waals surface area contributed by atoms with Crippen LogP contribution in [0.3, 0.4) is 0 Å². The van der Waals surface area contributed by atoms with Crippen LogP contribution in [0.1, 0.15) is 28.4 Å². The summed E-state index contributed by atoms with van der Waals surface area (Å²) in [5, 5.41) is 0. The second kappa shape index (κ2) is 5.98. The van der Waals surface area contributed by atoms with Crippen LogP contribution < -0.4 is 0 Å². The van der Waals surface area contributed by atoms with E-state index in [0.717, 1.165) is 17.5 Å². The highest BCUT2D eigenvalue weighted by Crippen LogP contribution is 2.35. The van der Waals surface area contributed by atoms with E-state index in [-0.39, 0.29) is 11.9 Å². The summed E-state index contributed by atoms with van der Waals surface area (Å²) in [5.74, 6) is 0.101. The van der Waals surface area contributed by atoms with Crippen molar-refractivity contribution in [3.8, 4) is 0 Å². The van der Waals surface area contributed by atoms with Gasteiger partial charge in [-0.3, -0.25) is 4.79 Å². The van der Waals surface area contributed by atoms with Crippen LogP contribution in [-0.2, 0) is 9.47 Å². The van der Waals surface area contributed by atoms with E-state index in [1.807, 2.05) is 29.2 Å². The predicted molar refractivity (Wildman–Crippen MR) is 68.6 cm³/mol. The lowest BCUT2D eigenvalue weighted by Gasteiger charge is -2.24. The minimum absolute atomic E-state index is 0.101. The number of hydrogen-bond donors (Lipinski definition) is 0. The number of benzene rings is 1. The van der Waals surface area contributed by atoms with Gasteiger partial charge in [0.05, 0.1) is 12.6 Å². The van der Waals surface area contributed by atoms with Crippen LogP contribution in [0.15, 0.2) is 24.3 Å². The molecule has 0 fully saturated rings. The normalized spacial score (nSPS) is 18.2. The van der Waals surface area contributed by atoms with Crippen LogP contribution >= 0.6 is 0 Å². The van der Waals surface area contributed by atoms with E-state index in [1.165, 1.54) is 0 Å². The number of hydrogen-bond acceptors (Lipinski definition) is 3. The molecule has 1 amide bonds. The number of ether oxygens (including phenoxy) is 2. The van der Waals surface area contributed by atoms with Crippen LogP contribution in [0.5, 0.6) is 0 Å². The van der Waals surface area contributed by atoms with Gasteiger partial charge in [0.15, 0.2) is 0 Å². The molecule has 1 aliphatic heterocycles. The highest BCUT2D eigenvalue weighted by molar-refractivity contribution is 5.99. The monoisotopic (exact) mass is 249 g/mol. The molecular weight excluding hydrogens is 230 g/mol. The molecule has 0 saturated heterocycles. The van der Waals surface area contributed by atoms with E-state index >= 15 is 0 Å². The van der Waals surface area contributed by atoms with Gasteiger partial charge >= 0.3 is 0 Å². The highest BCUT2D eigenvalue weighted by Gasteiger charge is 2.35. The van der Waals surface area contributed by atoms with Crippen molar-refractivity contribution >= 4 is 5.91 Å². The smallest absolute Gasteiger partial charge is 0.254 e. The fraction of sp³-hybridized carbons (Fsp3) is 0.500. The summed E-state index contributed by atoms with van der Waals surface area (Å²) in [7, 11) is 3.33. The molecule has 1 aromatic carbocycles. The third-order valence-electron chi connectivity index (χ3n) is 3.32. The van der Waals surface area contributed by atoms with Crippen LogP contribution in [0.4, 0.5) is 0 Å². The molecule has 98 valence electrons. The fourth-order valence-corrected chi connectivity index (χ4v) is 2.43. The Kier molecular flexibility index (Phi) is 4.33. The van der Waals surface area contributed by atoms with E-state index in [1.54, 1.807) is 14.2 Å². The van der Waals surface area contributed by atoms with E-state index in [4.69, 9.17) is 9.47 Å². The molecule has 0 radical (unpaired) electrons. The standard InChI is InChI=1S/C14H19NO3/c1-17-9-7-13-11-5-3-4-6-12(11)14(16)15(13)8-10-18-2/h3-6,13H,7-10H2,1-2H3. The second-order valence-corrected chi connectivity index (χ2v) is 4.38. The van der Waals surface area contributed by atoms with Gasteiger partial charge in [-0.25, -0.2) is 0 Å². The first-order valence-electron chi connectivity index (χ1n) is 6.17. The Morgan fingerprint density at radius 1 is 1.17 bits per heavy atom. The Hall–Kier alpha value is -1.39. The van der Waals surface area contributed by atoms with Crippen LogP contribution in [0.25, 0.3) is 0 Å². The van der Waals surface area contributed by atoms with Crippen molar-refractivity contribution in [2.75, 3.05) is 34.0 Å². The highest BCUT2D eigenvalue weighted by atomic mass is 16.5. The summed E-state index contributed by atoms with van der Waals surface area (Å²) >= 11 is 0. The van der Waals surface area contributed by atoms with Crippen molar-refractivity contribution in [3.63, 3.8) is 0 Å². The van der Waals surface area contributed by atoms with E-state index in [2.05, 4.69) is 0 Å². The molecule has 1 atom stereocenters. The molecular formula is C14H19NO3. The number of carbonyl (C=O) groups is 1. The Morgan fingerprint density at radius 2 is 1.89 bits per heavy atom. The SMILES string of the molecule is COCCC1c2ccccc2C(=O)N1CCOC. The molecule has 0 bridgehead atoms. The molecule has 18 heavy (non-hydrogen) atoms. The maximum atomic E-state index is 12.3. The molecule has 0 aromatic heterocycles. The van der Waals surface area contributed by atoms with Gasteiger partial charge in [0.2, 0.25) is 0 Å². The van der Waals surface area contributed by atoms with Gasteiger partial charge in [-0.15, -0.1) is 0 Å². The average Bonchev–Trinajstić information content (AvgIpc) is 2.67. The van der Waals surface area contributed by atoms with Crippen LogP contribution in [0.2, 0.25) is 0 Å². The minimum atomic E-state index is 0.101. The Bertz CT molecular complexity index is 419. The summed E-state index contributed by atoms with van der Waals surface area (Å²) in [6.07, 6.45) is 0.822. The Balaban J connectivity index is 2.22. The first kappa shape index (κ1) is 13.1. The quantitative estimate of drug-likeness (QED) is 0.772. The maximum Gasteiger partial charge on any atom is 0.254 e. The molecule has 4 nitrogen and oxygen atoms in total. The molecule has 0 aliphatic carbocycles. The molecule has 0 saturated carbocycles. The molecule has 0 spiro atoms. The molecule has 1 unspecified atom stereocenters. The summed E-state index contributed by atoms with van der Waals surface area (Å²) in [6.45, 7) is 1.83. The lowest BCUT2D eigenvalue weighted by Crippen LogP contribution is -2.31. The molecule has 1 aromatic rings. The van der Waals surface area contributed by atoms with E-state index < -0.39 is 0 Å². The summed E-state index contributed by atoms with van der Waals surface area (Å²) < 4.78 is 10.2. The average molecular weight is 249 g/mol. The van der Waals surface area contributed by atoms with Crippen molar-refractivity contribution in [2.24, 2.45) is 0 Å². The number of amides is 1. The van der Waals surface area contributed by atoms with Crippen molar-refractivity contribution in [1.82, 2.24) is 4.90 Å². The van der Waals surface area contributed by atoms with E-state index in [0.29, 0.717) is 19.8 Å². The predicted octanol–water partition coefficient (Wildman–Crippen LogP) is 1.87. The topological polar surface area (TPSA) is 38.8 Å². The van der Waals surface area contributed by atoms with Crippen LogP contribution in [-0.4, -0.2) is 44.8 Å². The molecule has 1 heterocycles. The van der Waals surface area contributed by atoms with Crippen molar-refractivity contribution < 1.29 is 14.3 Å². The number of fused-ring (bicyclic) bond motifs is 1.